The second-order valence-electron chi connectivity index (χ2n) is 31.8. The molecule has 0 saturated heterocycles. The molecule has 0 aromatic heterocycles. The number of anilines is 6. The highest BCUT2D eigenvalue weighted by Gasteiger charge is 2.33. The first-order valence-corrected chi connectivity index (χ1v) is 36.4. The fourth-order valence-corrected chi connectivity index (χ4v) is 14.7. The molecule has 0 unspecified atom stereocenters. The van der Waals surface area contributed by atoms with E-state index in [0.29, 0.717) is 11.4 Å². The van der Waals surface area contributed by atoms with Crippen LogP contribution in [-0.2, 0) is 27.1 Å². The maximum absolute atomic E-state index is 18.8. The molecule has 12 aromatic carbocycles. The van der Waals surface area contributed by atoms with Gasteiger partial charge < -0.3 is 9.80 Å². The van der Waals surface area contributed by atoms with E-state index in [4.69, 9.17) is 0 Å². The minimum atomic E-state index is -1.70. The van der Waals surface area contributed by atoms with E-state index in [1.54, 1.807) is 12.1 Å². The van der Waals surface area contributed by atoms with Crippen molar-refractivity contribution < 1.29 is 8.78 Å². The van der Waals surface area contributed by atoms with E-state index in [1.165, 1.54) is 21.9 Å². The minimum Gasteiger partial charge on any atom is -0.306 e. The molecule has 12 rings (SSSR count). The molecule has 0 N–H and O–H groups in total. The summed E-state index contributed by atoms with van der Waals surface area (Å²) in [5.74, 6) is -0.654. The number of rotatable bonds is 11. The Bertz CT molecular complexity index is 4420. The summed E-state index contributed by atoms with van der Waals surface area (Å²) in [6.45, 7) is 40.6. The molecule has 12 aromatic rings. The van der Waals surface area contributed by atoms with E-state index in [-0.39, 0.29) is 38.7 Å². The Balaban J connectivity index is 1.15. The lowest BCUT2D eigenvalue weighted by atomic mass is 9.84. The van der Waals surface area contributed by atoms with E-state index in [2.05, 4.69) is 340 Å². The van der Waals surface area contributed by atoms with Crippen molar-refractivity contribution in [1.29, 1.82) is 0 Å². The van der Waals surface area contributed by atoms with Gasteiger partial charge in [0.1, 0.15) is 11.6 Å². The molecule has 466 valence electrons. The van der Waals surface area contributed by atoms with Crippen LogP contribution in [0.25, 0.3) is 76.8 Å². The van der Waals surface area contributed by atoms with Crippen molar-refractivity contribution in [3.8, 4) is 44.5 Å². The van der Waals surface area contributed by atoms with Crippen molar-refractivity contribution in [2.24, 2.45) is 0 Å². The molecule has 0 spiro atoms. The van der Waals surface area contributed by atoms with Crippen molar-refractivity contribution in [2.45, 2.75) is 151 Å². The Morgan fingerprint density at radius 3 is 0.935 bits per heavy atom. The zero-order valence-corrected chi connectivity index (χ0v) is 58.4. The van der Waals surface area contributed by atoms with Crippen molar-refractivity contribution >= 4 is 79.7 Å². The van der Waals surface area contributed by atoms with Gasteiger partial charge in [0, 0.05) is 21.9 Å². The third-order valence-corrected chi connectivity index (χ3v) is 20.9. The lowest BCUT2D eigenvalue weighted by Crippen LogP contribution is -2.37. The molecule has 0 aliphatic carbocycles. The van der Waals surface area contributed by atoms with Crippen LogP contribution in [-0.4, -0.2) is 8.07 Å². The second-order valence-corrected chi connectivity index (χ2v) is 36.9. The summed E-state index contributed by atoms with van der Waals surface area (Å²) in [6.07, 6.45) is 0. The van der Waals surface area contributed by atoms with Crippen molar-refractivity contribution in [1.82, 2.24) is 0 Å². The first kappa shape index (κ1) is 63.5. The zero-order valence-electron chi connectivity index (χ0n) is 57.4. The highest BCUT2D eigenvalue weighted by atomic mass is 28.3. The van der Waals surface area contributed by atoms with Crippen LogP contribution in [0.5, 0.6) is 0 Å². The molecule has 0 radical (unpaired) electrons. The van der Waals surface area contributed by atoms with Gasteiger partial charge in [-0.25, -0.2) is 8.78 Å². The number of para-hydroxylation sites is 2. The number of hydrogen-bond acceptors (Lipinski definition) is 2. The minimum absolute atomic E-state index is 0.0372. The highest BCUT2D eigenvalue weighted by molar-refractivity contribution is 6.88. The van der Waals surface area contributed by atoms with E-state index >= 15 is 8.78 Å². The highest BCUT2D eigenvalue weighted by Crippen LogP contribution is 2.54. The van der Waals surface area contributed by atoms with Gasteiger partial charge in [0.25, 0.3) is 0 Å². The van der Waals surface area contributed by atoms with Crippen LogP contribution in [0.15, 0.2) is 218 Å². The molecular formula is C87H90F2N2Si. The van der Waals surface area contributed by atoms with Crippen LogP contribution in [0.4, 0.5) is 42.9 Å². The predicted molar refractivity (Wildman–Crippen MR) is 398 cm³/mol. The largest absolute Gasteiger partial charge is 0.306 e. The average Bonchev–Trinajstić information content (AvgIpc) is 0.717. The van der Waals surface area contributed by atoms with Crippen LogP contribution in [0.1, 0.15) is 132 Å². The monoisotopic (exact) mass is 1230 g/mol. The van der Waals surface area contributed by atoms with E-state index < -0.39 is 8.07 Å². The first-order valence-electron chi connectivity index (χ1n) is 32.9. The van der Waals surface area contributed by atoms with Crippen molar-refractivity contribution in [2.75, 3.05) is 9.80 Å². The standard InChI is InChI=1S/C87H90F2N2Si/c1-83(2,3)63-39-27-55(28-40-63)61-51-69(57-31-43-65(44-32-57)85(7,8)9)81(73(88)53-61)90(77-25-21-19-23-71(77)86(10,11)12)75-49-37-59-36-48-68-76(50-38-60-35-47-67(75)79(59)80(60)68)91(78-26-22-20-24-72(78)87(13,14)15)82-70(58-33-45-66(46-34-58)92(16,17)18)52-62(54-74(82)89)56-29-41-64(42-30-56)84(4,5)6/h19-54H,1-18H3. The fraction of sp³-hybridized carbons (Fsp3) is 0.264. The molecule has 0 aliphatic rings. The van der Waals surface area contributed by atoms with Gasteiger partial charge in [-0.15, -0.1) is 0 Å². The Labute approximate surface area is 548 Å². The summed E-state index contributed by atoms with van der Waals surface area (Å²) in [7, 11) is -1.70. The van der Waals surface area contributed by atoms with Gasteiger partial charge >= 0.3 is 0 Å². The topological polar surface area (TPSA) is 6.48 Å². The molecule has 0 saturated carbocycles. The number of nitrogens with zero attached hydrogens (tertiary/aromatic N) is 2. The predicted octanol–water partition coefficient (Wildman–Crippen LogP) is 25.5. The Hall–Kier alpha value is -8.64. The molecule has 0 aliphatic heterocycles. The number of benzene rings is 12. The molecule has 0 amide bonds. The lowest BCUT2D eigenvalue weighted by Gasteiger charge is -2.35. The first-order chi connectivity index (χ1) is 43.3. The van der Waals surface area contributed by atoms with E-state index in [0.717, 1.165) is 111 Å². The van der Waals surface area contributed by atoms with Gasteiger partial charge in [0.2, 0.25) is 0 Å². The molecule has 0 heterocycles. The number of hydrogen-bond donors (Lipinski definition) is 0. The smallest absolute Gasteiger partial charge is 0.148 e. The van der Waals surface area contributed by atoms with E-state index in [1.807, 2.05) is 0 Å². The lowest BCUT2D eigenvalue weighted by molar-refractivity contribution is 0.589. The third kappa shape index (κ3) is 12.0. The average molecular weight is 1230 g/mol. The Kier molecular flexibility index (Phi) is 16.0. The molecule has 2 nitrogen and oxygen atoms in total. The van der Waals surface area contributed by atoms with Gasteiger partial charge in [-0.1, -0.05) is 299 Å². The van der Waals surface area contributed by atoms with Crippen LogP contribution in [0.3, 0.4) is 0 Å². The molecule has 5 heteroatoms. The molecule has 0 bridgehead atoms. The molecule has 0 atom stereocenters. The number of halogens is 2. The summed E-state index contributed by atoms with van der Waals surface area (Å²) >= 11 is 0. The summed E-state index contributed by atoms with van der Waals surface area (Å²) in [6, 6.07) is 77.5. The van der Waals surface area contributed by atoms with Crippen LogP contribution < -0.4 is 15.0 Å². The van der Waals surface area contributed by atoms with Gasteiger partial charge in [0.05, 0.1) is 42.2 Å². The van der Waals surface area contributed by atoms with Gasteiger partial charge in [0.15, 0.2) is 0 Å². The quantitative estimate of drug-likeness (QED) is 0.0941. The normalized spacial score (nSPS) is 12.8. The summed E-state index contributed by atoms with van der Waals surface area (Å²) in [4.78, 5) is 4.43. The maximum Gasteiger partial charge on any atom is 0.148 e. The van der Waals surface area contributed by atoms with Crippen LogP contribution in [0.2, 0.25) is 19.6 Å². The molecular weight excluding hydrogens is 1140 g/mol. The maximum atomic E-state index is 18.8. The van der Waals surface area contributed by atoms with Gasteiger partial charge in [-0.3, -0.25) is 0 Å². The Morgan fingerprint density at radius 1 is 0.293 bits per heavy atom. The van der Waals surface area contributed by atoms with Crippen molar-refractivity contribution in [3.05, 3.63) is 258 Å². The SMILES string of the molecule is CC(C)(C)c1ccc(-c2cc(F)c(N(c3ccccc3C(C)(C)C)c3ccc4ccc5c(N(c6ccccc6C(C)(C)C)c6c(F)cc(-c7ccc(C(C)(C)C)cc7)cc6-c6ccc([Si](C)(C)C)cc6)ccc6ccc3c4c65)c(-c3ccc(C(C)(C)C)cc3)c2)cc1. The van der Waals surface area contributed by atoms with E-state index in [9.17, 15) is 0 Å². The van der Waals surface area contributed by atoms with Gasteiger partial charge in [-0.05, 0) is 158 Å². The van der Waals surface area contributed by atoms with Crippen LogP contribution >= 0.6 is 0 Å². The summed E-state index contributed by atoms with van der Waals surface area (Å²) < 4.78 is 37.6. The van der Waals surface area contributed by atoms with Crippen LogP contribution in [0, 0.1) is 11.6 Å². The fourth-order valence-electron chi connectivity index (χ4n) is 13.6. The zero-order chi connectivity index (χ0) is 65.8. The second kappa shape index (κ2) is 23.2. The van der Waals surface area contributed by atoms with Gasteiger partial charge in [-0.2, -0.15) is 0 Å². The molecule has 0 fully saturated rings. The summed E-state index contributed by atoms with van der Waals surface area (Å²) in [5, 5.41) is 7.47. The Morgan fingerprint density at radius 2 is 0.609 bits per heavy atom. The summed E-state index contributed by atoms with van der Waals surface area (Å²) in [5.41, 5.74) is 16.4. The van der Waals surface area contributed by atoms with Crippen molar-refractivity contribution in [3.63, 3.8) is 0 Å². The third-order valence-electron chi connectivity index (χ3n) is 18.9. The molecule has 92 heavy (non-hydrogen) atoms.